The lowest BCUT2D eigenvalue weighted by Crippen LogP contribution is -2.41. The average Bonchev–Trinajstić information content (AvgIpc) is 3.03. The highest BCUT2D eigenvalue weighted by molar-refractivity contribution is 6.31. The molecule has 0 atom stereocenters. The summed E-state index contributed by atoms with van der Waals surface area (Å²) >= 11 is 6.02. The number of nitrogens with one attached hydrogen (secondary N) is 2. The van der Waals surface area contributed by atoms with Gasteiger partial charge in [-0.1, -0.05) is 11.6 Å². The van der Waals surface area contributed by atoms with Crippen LogP contribution in [0.15, 0.2) is 41.2 Å². The van der Waals surface area contributed by atoms with Crippen molar-refractivity contribution in [2.75, 3.05) is 31.9 Å². The van der Waals surface area contributed by atoms with Crippen molar-refractivity contribution in [1.29, 1.82) is 0 Å². The highest BCUT2D eigenvalue weighted by Gasteiger charge is 2.23. The second kappa shape index (κ2) is 12.0. The van der Waals surface area contributed by atoms with Crippen LogP contribution in [0.1, 0.15) is 29.2 Å². The molecule has 0 spiro atoms. The number of aromatic nitrogens is 2. The van der Waals surface area contributed by atoms with Crippen molar-refractivity contribution in [3.05, 3.63) is 63.3 Å². The molecule has 1 saturated heterocycles. The van der Waals surface area contributed by atoms with E-state index in [1.807, 2.05) is 10.6 Å². The van der Waals surface area contributed by atoms with Crippen LogP contribution in [0.3, 0.4) is 0 Å². The van der Waals surface area contributed by atoms with Crippen LogP contribution >= 0.6 is 24.0 Å². The van der Waals surface area contributed by atoms with Crippen LogP contribution in [-0.4, -0.2) is 57.5 Å². The maximum absolute atomic E-state index is 13.1. The van der Waals surface area contributed by atoms with Crippen molar-refractivity contribution in [3.63, 3.8) is 0 Å². The van der Waals surface area contributed by atoms with E-state index in [0.29, 0.717) is 18.1 Å². The second-order valence-electron chi connectivity index (χ2n) is 7.52. The highest BCUT2D eigenvalue weighted by atomic mass is 35.5. The van der Waals surface area contributed by atoms with Gasteiger partial charge in [-0.15, -0.1) is 12.4 Å². The van der Waals surface area contributed by atoms with Gasteiger partial charge in [-0.2, -0.15) is 0 Å². The number of hydrogen-bond donors (Lipinski definition) is 3. The number of halogens is 3. The molecule has 12 heteroatoms. The molecule has 9 nitrogen and oxygen atoms in total. The standard InChI is InChI=1S/C21H23ClFN5O2.ClH.2H2O/c22-13-1-4-19-18(11-13)26-21(30)28(19)15-5-8-27(9-6-15)10-7-25-20(29)16-3-2-14(23)12-17(16)24;;;/h1-4,11-12,15H,5-10,24H2,(H,25,29)(H,26,30);1H;2*1H2. The number of carbonyl (C=O) groups is 1. The van der Waals surface area contributed by atoms with Gasteiger partial charge < -0.3 is 31.9 Å². The van der Waals surface area contributed by atoms with Crippen LogP contribution < -0.4 is 16.7 Å². The van der Waals surface area contributed by atoms with Gasteiger partial charge in [0.15, 0.2) is 0 Å². The number of anilines is 1. The van der Waals surface area contributed by atoms with E-state index in [9.17, 15) is 14.0 Å². The lowest BCUT2D eigenvalue weighted by atomic mass is 10.0. The van der Waals surface area contributed by atoms with Crippen LogP contribution in [0.25, 0.3) is 11.0 Å². The fourth-order valence-electron chi connectivity index (χ4n) is 4.03. The molecule has 1 amide bonds. The van der Waals surface area contributed by atoms with E-state index < -0.39 is 5.82 Å². The van der Waals surface area contributed by atoms with Gasteiger partial charge in [-0.05, 0) is 49.2 Å². The number of amides is 1. The number of hydrogen-bond acceptors (Lipinski definition) is 4. The van der Waals surface area contributed by atoms with Crippen LogP contribution in [0.4, 0.5) is 10.1 Å². The molecule has 2 heterocycles. The summed E-state index contributed by atoms with van der Waals surface area (Å²) in [6, 6.07) is 9.30. The minimum atomic E-state index is -0.468. The quantitative estimate of drug-likeness (QED) is 0.450. The predicted octanol–water partition coefficient (Wildman–Crippen LogP) is 1.54. The molecule has 182 valence electrons. The molecule has 1 aliphatic heterocycles. The van der Waals surface area contributed by atoms with E-state index in [4.69, 9.17) is 17.3 Å². The summed E-state index contributed by atoms with van der Waals surface area (Å²) in [5.41, 5.74) is 7.61. The molecule has 0 aliphatic carbocycles. The molecule has 3 aromatic rings. The lowest BCUT2D eigenvalue weighted by Gasteiger charge is -2.32. The number of imidazole rings is 1. The number of fused-ring (bicyclic) bond motifs is 1. The summed E-state index contributed by atoms with van der Waals surface area (Å²) in [6.45, 7) is 2.81. The maximum atomic E-state index is 13.1. The number of nitrogens with zero attached hydrogens (tertiary/aromatic N) is 2. The highest BCUT2D eigenvalue weighted by Crippen LogP contribution is 2.26. The number of aromatic amines is 1. The van der Waals surface area contributed by atoms with E-state index in [0.717, 1.165) is 43.0 Å². The van der Waals surface area contributed by atoms with Gasteiger partial charge in [0.05, 0.1) is 16.6 Å². The first kappa shape index (κ1) is 28.4. The number of rotatable bonds is 5. The molecule has 33 heavy (non-hydrogen) atoms. The largest absolute Gasteiger partial charge is 0.412 e. The number of benzene rings is 2. The first-order valence-corrected chi connectivity index (χ1v) is 10.3. The Labute approximate surface area is 200 Å². The van der Waals surface area contributed by atoms with E-state index in [2.05, 4.69) is 15.2 Å². The van der Waals surface area contributed by atoms with Crippen molar-refractivity contribution in [2.24, 2.45) is 0 Å². The molecule has 8 N–H and O–H groups in total. The van der Waals surface area contributed by atoms with Gasteiger partial charge in [0.25, 0.3) is 5.91 Å². The van der Waals surface area contributed by atoms with Gasteiger partial charge in [0, 0.05) is 42.9 Å². The van der Waals surface area contributed by atoms with Crippen LogP contribution in [0.5, 0.6) is 0 Å². The molecule has 0 bridgehead atoms. The molecular formula is C21H28Cl2FN5O4. The fraction of sp³-hybridized carbons (Fsp3) is 0.333. The van der Waals surface area contributed by atoms with Crippen LogP contribution in [0.2, 0.25) is 5.02 Å². The normalized spacial score (nSPS) is 14.1. The molecule has 1 aromatic heterocycles. The van der Waals surface area contributed by atoms with E-state index >= 15 is 0 Å². The van der Waals surface area contributed by atoms with Gasteiger partial charge in [0.2, 0.25) is 0 Å². The summed E-state index contributed by atoms with van der Waals surface area (Å²) in [5, 5.41) is 3.42. The minimum Gasteiger partial charge on any atom is -0.412 e. The van der Waals surface area contributed by atoms with Gasteiger partial charge in [0.1, 0.15) is 5.82 Å². The SMILES string of the molecule is Cl.Nc1cc(F)ccc1C(=O)NCCN1CCC(n2c(=O)[nH]c3cc(Cl)ccc32)CC1.O.O. The minimum absolute atomic E-state index is 0. The Kier molecular flexibility index (Phi) is 10.3. The summed E-state index contributed by atoms with van der Waals surface area (Å²) in [6.07, 6.45) is 1.68. The third kappa shape index (κ3) is 6.24. The Morgan fingerprint density at radius 1 is 1.18 bits per heavy atom. The summed E-state index contributed by atoms with van der Waals surface area (Å²) in [4.78, 5) is 29.8. The summed E-state index contributed by atoms with van der Waals surface area (Å²) < 4.78 is 14.9. The molecule has 1 fully saturated rings. The van der Waals surface area contributed by atoms with Gasteiger partial charge in [-0.25, -0.2) is 9.18 Å². The van der Waals surface area contributed by atoms with Crippen molar-refractivity contribution in [1.82, 2.24) is 19.8 Å². The van der Waals surface area contributed by atoms with E-state index in [1.165, 1.54) is 12.1 Å². The fourth-order valence-corrected chi connectivity index (χ4v) is 4.20. The topological polar surface area (TPSA) is 159 Å². The Morgan fingerprint density at radius 3 is 2.55 bits per heavy atom. The number of nitrogens with two attached hydrogens (primary N) is 1. The number of piperidine rings is 1. The molecule has 0 radical (unpaired) electrons. The van der Waals surface area contributed by atoms with Crippen molar-refractivity contribution in [2.45, 2.75) is 18.9 Å². The third-order valence-electron chi connectivity index (χ3n) is 5.57. The number of nitrogen functional groups attached to an aromatic ring is 1. The van der Waals surface area contributed by atoms with Gasteiger partial charge >= 0.3 is 5.69 Å². The summed E-state index contributed by atoms with van der Waals surface area (Å²) in [5.74, 6) is -0.782. The first-order valence-electron chi connectivity index (χ1n) is 9.88. The molecule has 1 aliphatic rings. The first-order chi connectivity index (χ1) is 14.4. The molecule has 2 aromatic carbocycles. The van der Waals surface area contributed by atoms with Gasteiger partial charge in [-0.3, -0.25) is 9.36 Å². The maximum Gasteiger partial charge on any atom is 0.326 e. The molecule has 0 saturated carbocycles. The zero-order valence-corrected chi connectivity index (χ0v) is 19.3. The second-order valence-corrected chi connectivity index (χ2v) is 7.96. The van der Waals surface area contributed by atoms with Crippen molar-refractivity contribution in [3.8, 4) is 0 Å². The summed E-state index contributed by atoms with van der Waals surface area (Å²) in [7, 11) is 0. The van der Waals surface area contributed by atoms with E-state index in [-0.39, 0.29) is 52.2 Å². The Hall–Kier alpha value is -2.63. The predicted molar refractivity (Wildman–Crippen MR) is 130 cm³/mol. The number of likely N-dealkylation sites (tertiary alicyclic amines) is 1. The molecule has 4 rings (SSSR count). The monoisotopic (exact) mass is 503 g/mol. The Bertz CT molecular complexity index is 1150. The van der Waals surface area contributed by atoms with Crippen molar-refractivity contribution >= 4 is 46.6 Å². The molecule has 0 unspecified atom stereocenters. The lowest BCUT2D eigenvalue weighted by molar-refractivity contribution is 0.0945. The smallest absolute Gasteiger partial charge is 0.326 e. The van der Waals surface area contributed by atoms with Crippen molar-refractivity contribution < 1.29 is 20.1 Å². The molecular weight excluding hydrogens is 476 g/mol. The third-order valence-corrected chi connectivity index (χ3v) is 5.81. The zero-order chi connectivity index (χ0) is 21.3. The zero-order valence-electron chi connectivity index (χ0n) is 17.7. The van der Waals surface area contributed by atoms with Crippen LogP contribution in [-0.2, 0) is 0 Å². The average molecular weight is 504 g/mol. The van der Waals surface area contributed by atoms with Crippen LogP contribution in [0, 0.1) is 5.82 Å². The Morgan fingerprint density at radius 2 is 1.88 bits per heavy atom. The van der Waals surface area contributed by atoms with E-state index in [1.54, 1.807) is 12.1 Å². The number of carbonyl (C=O) groups excluding carboxylic acids is 1. The number of H-pyrrole nitrogens is 1. The Balaban J connectivity index is 0.00000181.